The van der Waals surface area contributed by atoms with E-state index < -0.39 is 0 Å². The number of carbonyl (C=O) groups excluding carboxylic acids is 1. The van der Waals surface area contributed by atoms with Gasteiger partial charge in [-0.15, -0.1) is 0 Å². The maximum absolute atomic E-state index is 12.5. The second-order valence-corrected chi connectivity index (χ2v) is 5.68. The van der Waals surface area contributed by atoms with Gasteiger partial charge < -0.3 is 9.88 Å². The summed E-state index contributed by atoms with van der Waals surface area (Å²) in [5.74, 6) is 0.0106. The Morgan fingerprint density at radius 1 is 1.00 bits per heavy atom. The Kier molecular flexibility index (Phi) is 4.57. The van der Waals surface area contributed by atoms with Crippen LogP contribution in [0.25, 0.3) is 0 Å². The van der Waals surface area contributed by atoms with Crippen LogP contribution < -0.4 is 5.32 Å². The quantitative estimate of drug-likeness (QED) is 0.744. The Morgan fingerprint density at radius 2 is 1.74 bits per heavy atom. The summed E-state index contributed by atoms with van der Waals surface area (Å²) in [6.07, 6.45) is 4.40. The molecule has 1 N–H and O–H groups in total. The summed E-state index contributed by atoms with van der Waals surface area (Å²) in [7, 11) is 0. The number of hydrogen-bond acceptors (Lipinski definition) is 1. The molecule has 116 valence electrons. The standard InChI is InChI=1S/C20H20N2O/c1-16-8-7-9-17(14-16)19(22-12-5-6-13-22)15-20(23)21-18-10-3-2-4-11-18/h2-14,19H,15H2,1H3,(H,21,23)/t19-/m1/s1. The zero-order valence-electron chi connectivity index (χ0n) is 13.1. The van der Waals surface area contributed by atoms with Crippen LogP contribution >= 0.6 is 0 Å². The number of benzene rings is 2. The van der Waals surface area contributed by atoms with Crippen LogP contribution in [0.2, 0.25) is 0 Å². The van der Waals surface area contributed by atoms with E-state index in [0.29, 0.717) is 6.42 Å². The lowest BCUT2D eigenvalue weighted by Crippen LogP contribution is -2.19. The number of aryl methyl sites for hydroxylation is 1. The van der Waals surface area contributed by atoms with Gasteiger partial charge in [-0.05, 0) is 36.8 Å². The highest BCUT2D eigenvalue weighted by atomic mass is 16.1. The molecule has 0 unspecified atom stereocenters. The lowest BCUT2D eigenvalue weighted by molar-refractivity contribution is -0.116. The summed E-state index contributed by atoms with van der Waals surface area (Å²) < 4.78 is 2.08. The van der Waals surface area contributed by atoms with E-state index >= 15 is 0 Å². The molecule has 3 aromatic rings. The summed E-state index contributed by atoms with van der Waals surface area (Å²) in [5, 5.41) is 2.97. The molecule has 0 aliphatic rings. The third-order valence-corrected chi connectivity index (χ3v) is 3.85. The van der Waals surface area contributed by atoms with Crippen LogP contribution in [0.5, 0.6) is 0 Å². The van der Waals surface area contributed by atoms with Crippen molar-refractivity contribution in [3.63, 3.8) is 0 Å². The first-order valence-electron chi connectivity index (χ1n) is 7.76. The first kappa shape index (κ1) is 15.1. The molecule has 3 rings (SSSR count). The van der Waals surface area contributed by atoms with Crippen molar-refractivity contribution < 1.29 is 4.79 Å². The molecule has 0 aliphatic carbocycles. The van der Waals surface area contributed by atoms with Crippen molar-refractivity contribution in [1.82, 2.24) is 4.57 Å². The van der Waals surface area contributed by atoms with Gasteiger partial charge in [-0.25, -0.2) is 0 Å². The van der Waals surface area contributed by atoms with E-state index in [0.717, 1.165) is 11.3 Å². The maximum Gasteiger partial charge on any atom is 0.226 e. The molecule has 1 amide bonds. The van der Waals surface area contributed by atoms with Crippen LogP contribution in [0.4, 0.5) is 5.69 Å². The summed E-state index contributed by atoms with van der Waals surface area (Å²) in [6, 6.07) is 21.9. The van der Waals surface area contributed by atoms with Crippen molar-refractivity contribution in [2.75, 3.05) is 5.32 Å². The largest absolute Gasteiger partial charge is 0.346 e. The summed E-state index contributed by atoms with van der Waals surface area (Å²) in [5.41, 5.74) is 3.17. The predicted octanol–water partition coefficient (Wildman–Crippen LogP) is 4.41. The molecule has 0 fully saturated rings. The van der Waals surface area contributed by atoms with Gasteiger partial charge in [-0.2, -0.15) is 0 Å². The van der Waals surface area contributed by atoms with Crippen LogP contribution in [0.15, 0.2) is 79.1 Å². The molecule has 2 aromatic carbocycles. The van der Waals surface area contributed by atoms with Gasteiger partial charge in [-0.3, -0.25) is 4.79 Å². The number of para-hydroxylation sites is 1. The number of anilines is 1. The molecule has 0 saturated carbocycles. The van der Waals surface area contributed by atoms with Crippen molar-refractivity contribution in [2.24, 2.45) is 0 Å². The fraction of sp³-hybridized carbons (Fsp3) is 0.150. The van der Waals surface area contributed by atoms with Crippen molar-refractivity contribution in [1.29, 1.82) is 0 Å². The summed E-state index contributed by atoms with van der Waals surface area (Å²) >= 11 is 0. The van der Waals surface area contributed by atoms with E-state index in [1.165, 1.54) is 5.56 Å². The van der Waals surface area contributed by atoms with E-state index in [-0.39, 0.29) is 11.9 Å². The molecule has 0 spiro atoms. The second-order valence-electron chi connectivity index (χ2n) is 5.68. The molecule has 0 aliphatic heterocycles. The number of rotatable bonds is 5. The highest BCUT2D eigenvalue weighted by molar-refractivity contribution is 5.91. The Morgan fingerprint density at radius 3 is 2.43 bits per heavy atom. The topological polar surface area (TPSA) is 34.0 Å². The summed E-state index contributed by atoms with van der Waals surface area (Å²) in [6.45, 7) is 2.07. The molecule has 3 heteroatoms. The smallest absolute Gasteiger partial charge is 0.226 e. The van der Waals surface area contributed by atoms with Crippen LogP contribution in [-0.4, -0.2) is 10.5 Å². The molecule has 1 heterocycles. The number of carbonyl (C=O) groups is 1. The van der Waals surface area contributed by atoms with E-state index in [9.17, 15) is 4.79 Å². The molecule has 1 aromatic heterocycles. The Hall–Kier alpha value is -2.81. The normalized spacial score (nSPS) is 11.9. The molecule has 1 atom stereocenters. The number of nitrogens with one attached hydrogen (secondary N) is 1. The average molecular weight is 304 g/mol. The van der Waals surface area contributed by atoms with Crippen LogP contribution in [-0.2, 0) is 4.79 Å². The fourth-order valence-corrected chi connectivity index (χ4v) is 2.74. The van der Waals surface area contributed by atoms with Crippen molar-refractivity contribution in [2.45, 2.75) is 19.4 Å². The van der Waals surface area contributed by atoms with Gasteiger partial charge >= 0.3 is 0 Å². The third-order valence-electron chi connectivity index (χ3n) is 3.85. The molecule has 3 nitrogen and oxygen atoms in total. The van der Waals surface area contributed by atoms with Crippen molar-refractivity contribution in [3.8, 4) is 0 Å². The molecule has 0 radical (unpaired) electrons. The Bertz CT molecular complexity index is 763. The van der Waals surface area contributed by atoms with Gasteiger partial charge in [0, 0.05) is 18.1 Å². The van der Waals surface area contributed by atoms with Crippen LogP contribution in [0.3, 0.4) is 0 Å². The average Bonchev–Trinajstić information content (AvgIpc) is 3.08. The van der Waals surface area contributed by atoms with Gasteiger partial charge in [0.15, 0.2) is 0 Å². The predicted molar refractivity (Wildman–Crippen MR) is 93.4 cm³/mol. The first-order valence-corrected chi connectivity index (χ1v) is 7.76. The Labute approximate surface area is 136 Å². The van der Waals surface area contributed by atoms with Crippen LogP contribution in [0.1, 0.15) is 23.6 Å². The van der Waals surface area contributed by atoms with Gasteiger partial charge in [-0.1, -0.05) is 48.0 Å². The third kappa shape index (κ3) is 3.89. The van der Waals surface area contributed by atoms with Gasteiger partial charge in [0.25, 0.3) is 0 Å². The van der Waals surface area contributed by atoms with Gasteiger partial charge in [0.1, 0.15) is 0 Å². The minimum Gasteiger partial charge on any atom is -0.346 e. The van der Waals surface area contributed by atoms with E-state index in [1.54, 1.807) is 0 Å². The number of amides is 1. The van der Waals surface area contributed by atoms with Crippen molar-refractivity contribution >= 4 is 11.6 Å². The zero-order chi connectivity index (χ0) is 16.1. The minimum atomic E-state index is -0.00591. The Balaban J connectivity index is 1.81. The zero-order valence-corrected chi connectivity index (χ0v) is 13.1. The fourth-order valence-electron chi connectivity index (χ4n) is 2.74. The molecular weight excluding hydrogens is 284 g/mol. The highest BCUT2D eigenvalue weighted by Gasteiger charge is 2.17. The molecule has 23 heavy (non-hydrogen) atoms. The number of aromatic nitrogens is 1. The van der Waals surface area contributed by atoms with E-state index in [2.05, 4.69) is 35.0 Å². The lowest BCUT2D eigenvalue weighted by Gasteiger charge is -2.20. The van der Waals surface area contributed by atoms with Gasteiger partial charge in [0.2, 0.25) is 5.91 Å². The minimum absolute atomic E-state index is 0.00591. The lowest BCUT2D eigenvalue weighted by atomic mass is 10.0. The maximum atomic E-state index is 12.5. The molecule has 0 bridgehead atoms. The first-order chi connectivity index (χ1) is 11.2. The highest BCUT2D eigenvalue weighted by Crippen LogP contribution is 2.24. The van der Waals surface area contributed by atoms with Gasteiger partial charge in [0.05, 0.1) is 12.5 Å². The molecular formula is C20H20N2O. The summed E-state index contributed by atoms with van der Waals surface area (Å²) in [4.78, 5) is 12.5. The molecule has 0 saturated heterocycles. The number of hydrogen-bond donors (Lipinski definition) is 1. The van der Waals surface area contributed by atoms with E-state index in [1.807, 2.05) is 60.9 Å². The monoisotopic (exact) mass is 304 g/mol. The van der Waals surface area contributed by atoms with Crippen LogP contribution in [0, 0.1) is 6.92 Å². The SMILES string of the molecule is Cc1cccc([C@@H](CC(=O)Nc2ccccc2)n2cccc2)c1. The second kappa shape index (κ2) is 6.97. The number of nitrogens with zero attached hydrogens (tertiary/aromatic N) is 1. The van der Waals surface area contributed by atoms with Crippen molar-refractivity contribution in [3.05, 3.63) is 90.3 Å². The van der Waals surface area contributed by atoms with E-state index in [4.69, 9.17) is 0 Å².